The van der Waals surface area contributed by atoms with Gasteiger partial charge in [0.2, 0.25) is 5.91 Å². The highest BCUT2D eigenvalue weighted by molar-refractivity contribution is 7.13. The van der Waals surface area contributed by atoms with Crippen molar-refractivity contribution in [3.63, 3.8) is 0 Å². The first kappa shape index (κ1) is 31.3. The van der Waals surface area contributed by atoms with Crippen molar-refractivity contribution in [2.24, 2.45) is 5.92 Å². The molecule has 13 heteroatoms. The molecule has 0 radical (unpaired) electrons. The van der Waals surface area contributed by atoms with Crippen LogP contribution in [0.5, 0.6) is 0 Å². The average Bonchev–Trinajstić information content (AvgIpc) is 3.36. The normalized spacial score (nSPS) is 20.4. The van der Waals surface area contributed by atoms with Crippen molar-refractivity contribution < 1.29 is 19.2 Å². The summed E-state index contributed by atoms with van der Waals surface area (Å²) in [5.41, 5.74) is 4.93. The number of amides is 4. The van der Waals surface area contributed by atoms with Crippen LogP contribution in [0.3, 0.4) is 0 Å². The van der Waals surface area contributed by atoms with Crippen molar-refractivity contribution in [2.45, 2.75) is 64.0 Å². The predicted octanol–water partition coefficient (Wildman–Crippen LogP) is 1.87. The molecule has 2 aromatic heterocycles. The molecule has 0 bridgehead atoms. The van der Waals surface area contributed by atoms with Crippen molar-refractivity contribution in [2.75, 3.05) is 33.0 Å². The topological polar surface area (TPSA) is 137 Å². The molecular weight excluding hydrogens is 571 g/mol. The summed E-state index contributed by atoms with van der Waals surface area (Å²) >= 11 is 1.37. The lowest BCUT2D eigenvalue weighted by molar-refractivity contribution is -0.137. The fraction of sp³-hybridized carbons (Fsp3) is 0.517. The quantitative estimate of drug-likeness (QED) is 0.268. The molecule has 0 unspecified atom stereocenters. The summed E-state index contributed by atoms with van der Waals surface area (Å²) in [7, 11) is 3.89. The fourth-order valence-electron chi connectivity index (χ4n) is 4.95. The number of nitrogens with zero attached hydrogens (tertiary/aromatic N) is 4. The highest BCUT2D eigenvalue weighted by Crippen LogP contribution is 2.28. The second-order valence-corrected chi connectivity index (χ2v) is 18.0. The molecule has 1 saturated carbocycles. The van der Waals surface area contributed by atoms with Crippen LogP contribution in [0.4, 0.5) is 5.82 Å². The Morgan fingerprint density at radius 1 is 1.07 bits per heavy atom. The number of fused-ring (bicyclic) bond motifs is 1. The average molecular weight is 610 g/mol. The second kappa shape index (κ2) is 13.1. The molecule has 1 aliphatic heterocycles. The van der Waals surface area contributed by atoms with Crippen LogP contribution in [0.25, 0.3) is 0 Å². The van der Waals surface area contributed by atoms with E-state index >= 15 is 0 Å². The van der Waals surface area contributed by atoms with Crippen LogP contribution >= 0.6 is 11.3 Å². The van der Waals surface area contributed by atoms with E-state index in [0.29, 0.717) is 24.3 Å². The summed E-state index contributed by atoms with van der Waals surface area (Å²) in [4.78, 5) is 65.2. The van der Waals surface area contributed by atoms with Gasteiger partial charge in [-0.1, -0.05) is 25.6 Å². The third kappa shape index (κ3) is 8.24. The lowest BCUT2D eigenvalue weighted by atomic mass is 9.81. The SMILES string of the molecule is CN1CCc2nc(C(=O)N[C@@H]3C[C@@H](C(=O)N(C)C)CC[C@@H]3NC(=O)C(=O)Nc3ccc(C#C[Si](C)(C)C)cn3)sc2C1. The predicted molar refractivity (Wildman–Crippen MR) is 164 cm³/mol. The first-order valence-electron chi connectivity index (χ1n) is 14.1. The maximum absolute atomic E-state index is 13.3. The number of aromatic nitrogens is 2. The van der Waals surface area contributed by atoms with Gasteiger partial charge < -0.3 is 25.8 Å². The van der Waals surface area contributed by atoms with Crippen LogP contribution in [0, 0.1) is 17.4 Å². The van der Waals surface area contributed by atoms with Gasteiger partial charge in [-0.15, -0.1) is 16.9 Å². The van der Waals surface area contributed by atoms with E-state index in [1.807, 2.05) is 7.05 Å². The Morgan fingerprint density at radius 3 is 2.50 bits per heavy atom. The number of hydrogen-bond donors (Lipinski definition) is 3. The van der Waals surface area contributed by atoms with E-state index in [1.54, 1.807) is 32.4 Å². The summed E-state index contributed by atoms with van der Waals surface area (Å²) in [5.74, 6) is 0.944. The van der Waals surface area contributed by atoms with E-state index in [1.165, 1.54) is 16.2 Å². The number of thiazole rings is 1. The summed E-state index contributed by atoms with van der Waals surface area (Å²) in [6, 6.07) is 2.26. The fourth-order valence-corrected chi connectivity index (χ4v) is 6.56. The maximum Gasteiger partial charge on any atom is 0.314 e. The van der Waals surface area contributed by atoms with E-state index < -0.39 is 32.0 Å². The Bertz CT molecular complexity index is 1410. The Balaban J connectivity index is 1.42. The highest BCUT2D eigenvalue weighted by atomic mass is 32.1. The zero-order valence-electron chi connectivity index (χ0n) is 25.0. The Labute approximate surface area is 251 Å². The third-order valence-corrected chi connectivity index (χ3v) is 9.14. The minimum atomic E-state index is -1.54. The Morgan fingerprint density at radius 2 is 1.83 bits per heavy atom. The van der Waals surface area contributed by atoms with Gasteiger partial charge in [0.15, 0.2) is 5.01 Å². The molecule has 4 amide bonds. The van der Waals surface area contributed by atoms with Crippen LogP contribution in [0.15, 0.2) is 18.3 Å². The minimum absolute atomic E-state index is 0.0337. The molecule has 11 nitrogen and oxygen atoms in total. The van der Waals surface area contributed by atoms with Crippen molar-refractivity contribution in [3.05, 3.63) is 39.5 Å². The number of anilines is 1. The van der Waals surface area contributed by atoms with Gasteiger partial charge in [-0.25, -0.2) is 9.97 Å². The molecule has 1 aliphatic carbocycles. The molecule has 0 aromatic carbocycles. The van der Waals surface area contributed by atoms with Gasteiger partial charge in [0.25, 0.3) is 5.91 Å². The van der Waals surface area contributed by atoms with E-state index in [4.69, 9.17) is 0 Å². The Hall–Kier alpha value is -3.60. The molecule has 3 heterocycles. The number of likely N-dealkylation sites (N-methyl/N-ethyl adjacent to an activating group) is 1. The third-order valence-electron chi connectivity index (χ3n) is 7.18. The van der Waals surface area contributed by atoms with Gasteiger partial charge >= 0.3 is 11.8 Å². The summed E-state index contributed by atoms with van der Waals surface area (Å²) in [5, 5.41) is 8.67. The monoisotopic (exact) mass is 609 g/mol. The largest absolute Gasteiger partial charge is 0.349 e. The zero-order chi connectivity index (χ0) is 30.6. The number of carbonyl (C=O) groups is 4. The summed E-state index contributed by atoms with van der Waals surface area (Å²) in [6.45, 7) is 8.08. The van der Waals surface area contributed by atoms with Crippen molar-refractivity contribution >= 4 is 48.9 Å². The van der Waals surface area contributed by atoms with Crippen molar-refractivity contribution in [1.29, 1.82) is 0 Å². The van der Waals surface area contributed by atoms with Gasteiger partial charge in [-0.05, 0) is 38.4 Å². The summed E-state index contributed by atoms with van der Waals surface area (Å²) < 4.78 is 0. The van der Waals surface area contributed by atoms with Gasteiger partial charge in [0, 0.05) is 62.2 Å². The molecule has 1 fully saturated rings. The van der Waals surface area contributed by atoms with Crippen LogP contribution in [-0.4, -0.2) is 91.2 Å². The van der Waals surface area contributed by atoms with Gasteiger partial charge in [0.05, 0.1) is 11.7 Å². The number of rotatable bonds is 5. The van der Waals surface area contributed by atoms with Crippen LogP contribution in [-0.2, 0) is 27.3 Å². The smallest absolute Gasteiger partial charge is 0.314 e. The molecule has 0 spiro atoms. The van der Waals surface area contributed by atoms with E-state index in [2.05, 4.69) is 61.9 Å². The lowest BCUT2D eigenvalue weighted by Crippen LogP contribution is -2.57. The van der Waals surface area contributed by atoms with Gasteiger partial charge in [-0.2, -0.15) is 0 Å². The highest BCUT2D eigenvalue weighted by Gasteiger charge is 2.37. The first-order chi connectivity index (χ1) is 19.8. The van der Waals surface area contributed by atoms with E-state index in [0.717, 1.165) is 35.6 Å². The second-order valence-electron chi connectivity index (χ2n) is 12.2. The molecule has 42 heavy (non-hydrogen) atoms. The molecule has 0 saturated heterocycles. The van der Waals surface area contributed by atoms with Gasteiger partial charge in [0.1, 0.15) is 13.9 Å². The minimum Gasteiger partial charge on any atom is -0.349 e. The number of hydrogen-bond acceptors (Lipinski definition) is 8. The van der Waals surface area contributed by atoms with Crippen LogP contribution in [0.2, 0.25) is 19.6 Å². The molecule has 4 rings (SSSR count). The zero-order valence-corrected chi connectivity index (χ0v) is 26.9. The molecule has 3 atom stereocenters. The molecular formula is C29H39N7O4SSi. The maximum atomic E-state index is 13.3. The molecule has 3 N–H and O–H groups in total. The van der Waals surface area contributed by atoms with E-state index in [9.17, 15) is 19.2 Å². The van der Waals surface area contributed by atoms with Crippen LogP contribution in [0.1, 0.15) is 45.2 Å². The molecule has 224 valence electrons. The number of nitrogens with one attached hydrogen (secondary N) is 3. The van der Waals surface area contributed by atoms with E-state index in [-0.39, 0.29) is 23.6 Å². The first-order valence-corrected chi connectivity index (χ1v) is 18.4. The van der Waals surface area contributed by atoms with Crippen molar-refractivity contribution in [3.8, 4) is 11.5 Å². The summed E-state index contributed by atoms with van der Waals surface area (Å²) in [6.07, 6.45) is 3.63. The Kier molecular flexibility index (Phi) is 9.81. The number of pyridine rings is 1. The lowest BCUT2D eigenvalue weighted by Gasteiger charge is -2.37. The molecule has 2 aliphatic rings. The number of carbonyl (C=O) groups excluding carboxylic acids is 4. The van der Waals surface area contributed by atoms with Gasteiger partial charge in [-0.3, -0.25) is 19.2 Å². The molecule has 2 aromatic rings. The van der Waals surface area contributed by atoms with Crippen molar-refractivity contribution in [1.82, 2.24) is 30.4 Å². The standard InChI is InChI=1S/C29H39N7O4SSi/c1-35(2)29(40)19-8-9-20(22(15-19)32-27(39)28-33-21-11-13-36(3)17-23(21)41-28)31-25(37)26(38)34-24-10-7-18(16-30-24)12-14-42(4,5)6/h7,10,16,19-20,22H,8-9,11,13,15,17H2,1-6H3,(H,31,37)(H,32,39)(H,30,34,38)/t19-,20-,22+/m0/s1. The van der Waals surface area contributed by atoms with Crippen LogP contribution < -0.4 is 16.0 Å².